The topological polar surface area (TPSA) is 22.4 Å². The van der Waals surface area contributed by atoms with E-state index in [9.17, 15) is 0 Å². The highest BCUT2D eigenvalue weighted by Crippen LogP contribution is 2.31. The highest BCUT2D eigenvalue weighted by molar-refractivity contribution is 5.61. The van der Waals surface area contributed by atoms with Crippen LogP contribution >= 0.6 is 0 Å². The second kappa shape index (κ2) is 5.62. The highest BCUT2D eigenvalue weighted by Gasteiger charge is 2.15. The van der Waals surface area contributed by atoms with Crippen molar-refractivity contribution in [3.05, 3.63) is 46.7 Å². The number of rotatable bonds is 4. The number of benzene rings is 1. The zero-order valence-corrected chi connectivity index (χ0v) is 12.4. The summed E-state index contributed by atoms with van der Waals surface area (Å²) in [4.78, 5) is 0. The fraction of sp³-hybridized carbons (Fsp3) is 0.412. The molecule has 0 fully saturated rings. The molecule has 0 saturated carbocycles. The molecule has 0 spiro atoms. The Labute approximate surface area is 115 Å². The van der Waals surface area contributed by atoms with Crippen LogP contribution in [0.15, 0.2) is 28.7 Å². The third-order valence-corrected chi connectivity index (χ3v) is 3.46. The fourth-order valence-electron chi connectivity index (χ4n) is 2.24. The van der Waals surface area contributed by atoms with E-state index in [1.54, 1.807) is 7.11 Å². The SMILES string of the molecule is COCc1cc(-c2ccc(C)c(C)c2)oc1C(C)C. The molecule has 2 heteroatoms. The lowest BCUT2D eigenvalue weighted by molar-refractivity contribution is 0.182. The first-order chi connectivity index (χ1) is 9.02. The van der Waals surface area contributed by atoms with Crippen LogP contribution in [0.1, 0.15) is 42.2 Å². The molecule has 0 aliphatic heterocycles. The number of aryl methyl sites for hydroxylation is 2. The van der Waals surface area contributed by atoms with Crippen molar-refractivity contribution in [3.8, 4) is 11.3 Å². The van der Waals surface area contributed by atoms with E-state index >= 15 is 0 Å². The molecule has 0 atom stereocenters. The van der Waals surface area contributed by atoms with Crippen LogP contribution in [0.3, 0.4) is 0 Å². The van der Waals surface area contributed by atoms with E-state index in [-0.39, 0.29) is 0 Å². The van der Waals surface area contributed by atoms with Crippen LogP contribution in [0, 0.1) is 13.8 Å². The Bertz CT molecular complexity index is 565. The van der Waals surface area contributed by atoms with Gasteiger partial charge in [-0.2, -0.15) is 0 Å². The summed E-state index contributed by atoms with van der Waals surface area (Å²) in [5.41, 5.74) is 4.86. The van der Waals surface area contributed by atoms with Gasteiger partial charge >= 0.3 is 0 Å². The van der Waals surface area contributed by atoms with Crippen LogP contribution in [0.4, 0.5) is 0 Å². The van der Waals surface area contributed by atoms with E-state index in [0.717, 1.165) is 22.6 Å². The predicted molar refractivity (Wildman–Crippen MR) is 78.4 cm³/mol. The largest absolute Gasteiger partial charge is 0.460 e. The molecule has 0 amide bonds. The maximum atomic E-state index is 6.03. The summed E-state index contributed by atoms with van der Waals surface area (Å²) in [6.07, 6.45) is 0. The van der Waals surface area contributed by atoms with Gasteiger partial charge in [0.25, 0.3) is 0 Å². The molecule has 0 aliphatic carbocycles. The van der Waals surface area contributed by atoms with Gasteiger partial charge in [-0.3, -0.25) is 0 Å². The molecule has 0 aliphatic rings. The van der Waals surface area contributed by atoms with Gasteiger partial charge in [-0.15, -0.1) is 0 Å². The highest BCUT2D eigenvalue weighted by atomic mass is 16.5. The lowest BCUT2D eigenvalue weighted by atomic mass is 10.0. The van der Waals surface area contributed by atoms with Crippen molar-refractivity contribution < 1.29 is 9.15 Å². The van der Waals surface area contributed by atoms with Crippen LogP contribution < -0.4 is 0 Å². The van der Waals surface area contributed by atoms with Crippen LogP contribution in [-0.2, 0) is 11.3 Å². The summed E-state index contributed by atoms with van der Waals surface area (Å²) in [6.45, 7) is 9.13. The molecule has 0 N–H and O–H groups in total. The van der Waals surface area contributed by atoms with Gasteiger partial charge in [0, 0.05) is 24.2 Å². The Kier molecular flexibility index (Phi) is 4.11. The van der Waals surface area contributed by atoms with Crippen LogP contribution in [0.5, 0.6) is 0 Å². The van der Waals surface area contributed by atoms with Gasteiger partial charge in [0.15, 0.2) is 0 Å². The first-order valence-electron chi connectivity index (χ1n) is 6.72. The monoisotopic (exact) mass is 258 g/mol. The molecule has 0 saturated heterocycles. The molecule has 1 aromatic carbocycles. The normalized spacial score (nSPS) is 11.3. The summed E-state index contributed by atoms with van der Waals surface area (Å²) in [7, 11) is 1.72. The van der Waals surface area contributed by atoms with Gasteiger partial charge in [0.2, 0.25) is 0 Å². The molecular weight excluding hydrogens is 236 g/mol. The van der Waals surface area contributed by atoms with Crippen molar-refractivity contribution in [2.24, 2.45) is 0 Å². The Morgan fingerprint density at radius 1 is 1.11 bits per heavy atom. The van der Waals surface area contributed by atoms with E-state index in [0.29, 0.717) is 12.5 Å². The Hall–Kier alpha value is -1.54. The quantitative estimate of drug-likeness (QED) is 0.783. The Morgan fingerprint density at radius 2 is 1.84 bits per heavy atom. The van der Waals surface area contributed by atoms with Gasteiger partial charge in [0.1, 0.15) is 11.5 Å². The van der Waals surface area contributed by atoms with E-state index in [1.807, 2.05) is 0 Å². The summed E-state index contributed by atoms with van der Waals surface area (Å²) in [5, 5.41) is 0. The molecule has 1 aromatic heterocycles. The zero-order valence-electron chi connectivity index (χ0n) is 12.4. The maximum absolute atomic E-state index is 6.03. The van der Waals surface area contributed by atoms with Crippen LogP contribution in [0.2, 0.25) is 0 Å². The third-order valence-electron chi connectivity index (χ3n) is 3.46. The minimum absolute atomic E-state index is 0.366. The van der Waals surface area contributed by atoms with Crippen molar-refractivity contribution in [2.75, 3.05) is 7.11 Å². The van der Waals surface area contributed by atoms with E-state index in [1.165, 1.54) is 11.1 Å². The average molecular weight is 258 g/mol. The van der Waals surface area contributed by atoms with Crippen molar-refractivity contribution in [1.82, 2.24) is 0 Å². The number of hydrogen-bond donors (Lipinski definition) is 0. The molecule has 0 radical (unpaired) electrons. The molecule has 2 nitrogen and oxygen atoms in total. The third kappa shape index (κ3) is 2.90. The number of hydrogen-bond acceptors (Lipinski definition) is 2. The van der Waals surface area contributed by atoms with Crippen molar-refractivity contribution in [1.29, 1.82) is 0 Å². The maximum Gasteiger partial charge on any atom is 0.134 e. The Balaban J connectivity index is 2.44. The first-order valence-corrected chi connectivity index (χ1v) is 6.72. The lowest BCUT2D eigenvalue weighted by Gasteiger charge is -2.04. The number of furan rings is 1. The molecule has 2 rings (SSSR count). The Morgan fingerprint density at radius 3 is 2.42 bits per heavy atom. The number of methoxy groups -OCH3 is 1. The van der Waals surface area contributed by atoms with Gasteiger partial charge in [0.05, 0.1) is 6.61 Å². The standard InChI is InChI=1S/C17H22O2/c1-11(2)17-15(10-18-5)9-16(19-17)14-7-6-12(3)13(4)8-14/h6-9,11H,10H2,1-5H3. The van der Waals surface area contributed by atoms with Gasteiger partial charge < -0.3 is 9.15 Å². The van der Waals surface area contributed by atoms with E-state index < -0.39 is 0 Å². The van der Waals surface area contributed by atoms with Gasteiger partial charge in [-0.25, -0.2) is 0 Å². The van der Waals surface area contributed by atoms with Crippen LogP contribution in [-0.4, -0.2) is 7.11 Å². The molecule has 0 bridgehead atoms. The molecule has 102 valence electrons. The van der Waals surface area contributed by atoms with Gasteiger partial charge in [-0.1, -0.05) is 26.0 Å². The minimum Gasteiger partial charge on any atom is -0.460 e. The molecule has 19 heavy (non-hydrogen) atoms. The summed E-state index contributed by atoms with van der Waals surface area (Å²) >= 11 is 0. The zero-order chi connectivity index (χ0) is 14.0. The molecule has 1 heterocycles. The molecular formula is C17H22O2. The summed E-state index contributed by atoms with van der Waals surface area (Å²) < 4.78 is 11.3. The van der Waals surface area contributed by atoms with Gasteiger partial charge in [-0.05, 0) is 37.1 Å². The second-order valence-corrected chi connectivity index (χ2v) is 5.39. The molecule has 2 aromatic rings. The summed E-state index contributed by atoms with van der Waals surface area (Å²) in [5.74, 6) is 2.32. The average Bonchev–Trinajstić information content (AvgIpc) is 2.77. The smallest absolute Gasteiger partial charge is 0.134 e. The van der Waals surface area contributed by atoms with E-state index in [4.69, 9.17) is 9.15 Å². The predicted octanol–water partition coefficient (Wildman–Crippen LogP) is 4.83. The second-order valence-electron chi connectivity index (χ2n) is 5.39. The first kappa shape index (κ1) is 13.9. The minimum atomic E-state index is 0.366. The van der Waals surface area contributed by atoms with E-state index in [2.05, 4.69) is 52.0 Å². The number of ether oxygens (including phenoxy) is 1. The summed E-state index contributed by atoms with van der Waals surface area (Å²) in [6, 6.07) is 8.53. The van der Waals surface area contributed by atoms with Crippen molar-refractivity contribution >= 4 is 0 Å². The molecule has 0 unspecified atom stereocenters. The van der Waals surface area contributed by atoms with Crippen LogP contribution in [0.25, 0.3) is 11.3 Å². The fourth-order valence-corrected chi connectivity index (χ4v) is 2.24. The van der Waals surface area contributed by atoms with Crippen molar-refractivity contribution in [2.45, 2.75) is 40.2 Å². The lowest BCUT2D eigenvalue weighted by Crippen LogP contribution is -1.92. The van der Waals surface area contributed by atoms with Crippen molar-refractivity contribution in [3.63, 3.8) is 0 Å².